The third kappa shape index (κ3) is 4.51. The molecule has 4 aromatic rings. The second-order valence-corrected chi connectivity index (χ2v) is 8.10. The number of nitrogens with zero attached hydrogens (tertiary/aromatic N) is 3. The lowest BCUT2D eigenvalue weighted by Gasteiger charge is -2.13. The number of fused-ring (bicyclic) bond motifs is 1. The van der Waals surface area contributed by atoms with Crippen LogP contribution < -0.4 is 10.1 Å². The third-order valence-electron chi connectivity index (χ3n) is 5.50. The van der Waals surface area contributed by atoms with E-state index in [0.29, 0.717) is 36.9 Å². The standard InChI is InChI=1S/C25H28N4O3/c1-16(2)29-23-8-6-5-7-22(23)27-24(29)13-14-26-25(30)19-9-11-20(12-10-19)31-15-21-17(3)28-32-18(21)4/h5-12,16H,13-15H2,1-4H3,(H,26,30). The average Bonchev–Trinajstić information content (AvgIpc) is 3.31. The summed E-state index contributed by atoms with van der Waals surface area (Å²) in [7, 11) is 0. The van der Waals surface area contributed by atoms with Crippen molar-refractivity contribution in [2.24, 2.45) is 0 Å². The lowest BCUT2D eigenvalue weighted by atomic mass is 10.2. The molecule has 0 radical (unpaired) electrons. The molecular weight excluding hydrogens is 404 g/mol. The van der Waals surface area contributed by atoms with Crippen molar-refractivity contribution in [3.63, 3.8) is 0 Å². The molecule has 0 unspecified atom stereocenters. The molecular formula is C25H28N4O3. The quantitative estimate of drug-likeness (QED) is 0.434. The SMILES string of the molecule is Cc1noc(C)c1COc1ccc(C(=O)NCCc2nc3ccccc3n2C(C)C)cc1. The van der Waals surface area contributed by atoms with Gasteiger partial charge in [0.1, 0.15) is 23.9 Å². The Bertz CT molecular complexity index is 1200. The Morgan fingerprint density at radius 1 is 1.12 bits per heavy atom. The predicted octanol–water partition coefficient (Wildman–Crippen LogP) is 4.77. The van der Waals surface area contributed by atoms with Crippen LogP contribution in [-0.2, 0) is 13.0 Å². The van der Waals surface area contributed by atoms with Gasteiger partial charge in [0.05, 0.1) is 22.3 Å². The van der Waals surface area contributed by atoms with E-state index in [1.165, 1.54) is 0 Å². The number of aromatic nitrogens is 3. The maximum absolute atomic E-state index is 12.6. The fraction of sp³-hybridized carbons (Fsp3) is 0.320. The molecule has 2 heterocycles. The number of benzene rings is 2. The maximum Gasteiger partial charge on any atom is 0.251 e. The summed E-state index contributed by atoms with van der Waals surface area (Å²) >= 11 is 0. The zero-order chi connectivity index (χ0) is 22.7. The highest BCUT2D eigenvalue weighted by Gasteiger charge is 2.14. The van der Waals surface area contributed by atoms with Gasteiger partial charge in [-0.05, 0) is 64.1 Å². The van der Waals surface area contributed by atoms with E-state index < -0.39 is 0 Å². The molecule has 0 aliphatic carbocycles. The van der Waals surface area contributed by atoms with Gasteiger partial charge < -0.3 is 19.1 Å². The van der Waals surface area contributed by atoms with Crippen molar-refractivity contribution in [2.45, 2.75) is 46.8 Å². The number of carbonyl (C=O) groups is 1. The van der Waals surface area contributed by atoms with E-state index >= 15 is 0 Å². The van der Waals surface area contributed by atoms with Gasteiger partial charge in [0.15, 0.2) is 0 Å². The smallest absolute Gasteiger partial charge is 0.251 e. The van der Waals surface area contributed by atoms with E-state index in [1.54, 1.807) is 24.3 Å². The monoisotopic (exact) mass is 432 g/mol. The summed E-state index contributed by atoms with van der Waals surface area (Å²) in [5, 5.41) is 6.92. The van der Waals surface area contributed by atoms with Crippen LogP contribution in [0.5, 0.6) is 5.75 Å². The number of hydrogen-bond acceptors (Lipinski definition) is 5. The molecule has 166 valence electrons. The third-order valence-corrected chi connectivity index (χ3v) is 5.50. The fourth-order valence-corrected chi connectivity index (χ4v) is 3.80. The summed E-state index contributed by atoms with van der Waals surface area (Å²) in [5.41, 5.74) is 4.46. The first-order chi connectivity index (χ1) is 15.4. The first-order valence-electron chi connectivity index (χ1n) is 10.8. The number of amides is 1. The number of nitrogens with one attached hydrogen (secondary N) is 1. The van der Waals surface area contributed by atoms with Crippen molar-refractivity contribution in [1.29, 1.82) is 0 Å². The minimum Gasteiger partial charge on any atom is -0.489 e. The van der Waals surface area contributed by atoms with Gasteiger partial charge >= 0.3 is 0 Å². The molecule has 7 heteroatoms. The van der Waals surface area contributed by atoms with E-state index in [9.17, 15) is 4.79 Å². The van der Waals surface area contributed by atoms with Crippen LogP contribution in [0.1, 0.15) is 53.1 Å². The highest BCUT2D eigenvalue weighted by atomic mass is 16.5. The minimum atomic E-state index is -0.116. The molecule has 7 nitrogen and oxygen atoms in total. The van der Waals surface area contributed by atoms with Gasteiger partial charge in [0, 0.05) is 24.6 Å². The van der Waals surface area contributed by atoms with Crippen LogP contribution in [0.4, 0.5) is 0 Å². The van der Waals surface area contributed by atoms with E-state index in [1.807, 2.05) is 32.0 Å². The highest BCUT2D eigenvalue weighted by Crippen LogP contribution is 2.21. The van der Waals surface area contributed by atoms with Crippen molar-refractivity contribution >= 4 is 16.9 Å². The number of aryl methyl sites for hydroxylation is 2. The Balaban J connectivity index is 1.34. The number of hydrogen-bond donors (Lipinski definition) is 1. The van der Waals surface area contributed by atoms with E-state index in [-0.39, 0.29) is 5.91 Å². The molecule has 0 saturated heterocycles. The van der Waals surface area contributed by atoms with Crippen LogP contribution in [0.2, 0.25) is 0 Å². The first kappa shape index (κ1) is 21.6. The Morgan fingerprint density at radius 3 is 2.56 bits per heavy atom. The van der Waals surface area contributed by atoms with Crippen LogP contribution >= 0.6 is 0 Å². The molecule has 0 bridgehead atoms. The molecule has 0 spiro atoms. The van der Waals surface area contributed by atoms with E-state index in [0.717, 1.165) is 33.9 Å². The molecule has 2 aromatic carbocycles. The largest absolute Gasteiger partial charge is 0.489 e. The summed E-state index contributed by atoms with van der Waals surface area (Å²) in [6.07, 6.45) is 0.664. The van der Waals surface area contributed by atoms with Crippen LogP contribution in [0, 0.1) is 13.8 Å². The molecule has 0 aliphatic heterocycles. The van der Waals surface area contributed by atoms with Crippen LogP contribution in [0.25, 0.3) is 11.0 Å². The molecule has 4 rings (SSSR count). The summed E-state index contributed by atoms with van der Waals surface area (Å²) in [6, 6.07) is 15.5. The normalized spacial score (nSPS) is 11.3. The maximum atomic E-state index is 12.6. The number of imidazole rings is 1. The van der Waals surface area contributed by atoms with Gasteiger partial charge in [-0.25, -0.2) is 4.98 Å². The number of rotatable bonds is 8. The van der Waals surface area contributed by atoms with Crippen molar-refractivity contribution in [3.8, 4) is 5.75 Å². The van der Waals surface area contributed by atoms with Crippen LogP contribution in [0.15, 0.2) is 53.1 Å². The summed E-state index contributed by atoms with van der Waals surface area (Å²) in [4.78, 5) is 17.3. The van der Waals surface area contributed by atoms with Gasteiger partial charge in [-0.2, -0.15) is 0 Å². The lowest BCUT2D eigenvalue weighted by molar-refractivity contribution is 0.0954. The molecule has 1 N–H and O–H groups in total. The molecule has 0 fully saturated rings. The minimum absolute atomic E-state index is 0.116. The Kier molecular flexibility index (Phi) is 6.25. The van der Waals surface area contributed by atoms with Gasteiger partial charge in [0.25, 0.3) is 5.91 Å². The predicted molar refractivity (Wildman–Crippen MR) is 123 cm³/mol. The van der Waals surface area contributed by atoms with Crippen molar-refractivity contribution in [2.75, 3.05) is 6.54 Å². The van der Waals surface area contributed by atoms with Crippen molar-refractivity contribution in [1.82, 2.24) is 20.0 Å². The highest BCUT2D eigenvalue weighted by molar-refractivity contribution is 5.94. The fourth-order valence-electron chi connectivity index (χ4n) is 3.80. The number of carbonyl (C=O) groups excluding carboxylic acids is 1. The van der Waals surface area contributed by atoms with E-state index in [4.69, 9.17) is 14.2 Å². The van der Waals surface area contributed by atoms with Crippen LogP contribution in [0.3, 0.4) is 0 Å². The number of ether oxygens (including phenoxy) is 1. The topological polar surface area (TPSA) is 82.2 Å². The van der Waals surface area contributed by atoms with Crippen LogP contribution in [-0.4, -0.2) is 27.2 Å². The Hall–Kier alpha value is -3.61. The zero-order valence-electron chi connectivity index (χ0n) is 18.9. The molecule has 0 saturated carbocycles. The Morgan fingerprint density at radius 2 is 1.88 bits per heavy atom. The summed E-state index contributed by atoms with van der Waals surface area (Å²) < 4.78 is 13.2. The summed E-state index contributed by atoms with van der Waals surface area (Å²) in [6.45, 7) is 8.93. The average molecular weight is 433 g/mol. The number of para-hydroxylation sites is 2. The van der Waals surface area contributed by atoms with Gasteiger partial charge in [-0.1, -0.05) is 17.3 Å². The molecule has 0 atom stereocenters. The molecule has 32 heavy (non-hydrogen) atoms. The lowest BCUT2D eigenvalue weighted by Crippen LogP contribution is -2.26. The van der Waals surface area contributed by atoms with Gasteiger partial charge in [-0.15, -0.1) is 0 Å². The van der Waals surface area contributed by atoms with Crippen molar-refractivity contribution in [3.05, 3.63) is 76.9 Å². The second kappa shape index (κ2) is 9.26. The van der Waals surface area contributed by atoms with Gasteiger partial charge in [-0.3, -0.25) is 4.79 Å². The molecule has 2 aromatic heterocycles. The molecule has 1 amide bonds. The van der Waals surface area contributed by atoms with Gasteiger partial charge in [0.2, 0.25) is 0 Å². The first-order valence-corrected chi connectivity index (χ1v) is 10.8. The second-order valence-electron chi connectivity index (χ2n) is 8.10. The van der Waals surface area contributed by atoms with Crippen molar-refractivity contribution < 1.29 is 14.1 Å². The van der Waals surface area contributed by atoms with E-state index in [2.05, 4.69) is 35.0 Å². The Labute approximate surface area is 187 Å². The summed E-state index contributed by atoms with van der Waals surface area (Å²) in [5.74, 6) is 2.30. The molecule has 0 aliphatic rings. The zero-order valence-corrected chi connectivity index (χ0v) is 18.9.